The molecular weight excluding hydrogens is 382 g/mol. The Kier molecular flexibility index (Phi) is 4.31. The highest BCUT2D eigenvalue weighted by atomic mass is 16.5. The molecule has 3 aromatic rings. The van der Waals surface area contributed by atoms with Crippen molar-refractivity contribution in [3.63, 3.8) is 0 Å². The van der Waals surface area contributed by atoms with Gasteiger partial charge in [-0.1, -0.05) is 55.0 Å². The predicted molar refractivity (Wildman–Crippen MR) is 124 cm³/mol. The van der Waals surface area contributed by atoms with Crippen LogP contribution in [0.1, 0.15) is 42.7 Å². The zero-order chi connectivity index (χ0) is 20.8. The molecule has 3 nitrogen and oxygen atoms in total. The minimum atomic E-state index is -0.327. The van der Waals surface area contributed by atoms with Crippen molar-refractivity contribution in [1.82, 2.24) is 0 Å². The first kappa shape index (κ1) is 18.6. The molecular formula is C28H27NO2. The Morgan fingerprint density at radius 2 is 1.68 bits per heavy atom. The first-order valence-electron chi connectivity index (χ1n) is 11.3. The van der Waals surface area contributed by atoms with E-state index in [-0.39, 0.29) is 5.72 Å². The van der Waals surface area contributed by atoms with E-state index < -0.39 is 0 Å². The molecule has 156 valence electrons. The molecule has 1 fully saturated rings. The van der Waals surface area contributed by atoms with Gasteiger partial charge in [-0.05, 0) is 60.4 Å². The van der Waals surface area contributed by atoms with Gasteiger partial charge in [0.1, 0.15) is 11.5 Å². The number of hydrogen-bond acceptors (Lipinski definition) is 3. The van der Waals surface area contributed by atoms with E-state index in [0.29, 0.717) is 11.8 Å². The summed E-state index contributed by atoms with van der Waals surface area (Å²) in [6, 6.07) is 27.9. The van der Waals surface area contributed by atoms with Crippen LogP contribution in [0.2, 0.25) is 0 Å². The van der Waals surface area contributed by atoms with Crippen LogP contribution in [0.4, 0.5) is 5.69 Å². The molecule has 0 amide bonds. The highest BCUT2D eigenvalue weighted by Gasteiger charge is 2.58. The maximum absolute atomic E-state index is 6.91. The lowest BCUT2D eigenvalue weighted by Crippen LogP contribution is -2.59. The lowest BCUT2D eigenvalue weighted by molar-refractivity contribution is -0.0119. The largest absolute Gasteiger partial charge is 0.497 e. The monoisotopic (exact) mass is 409 g/mol. The molecule has 3 aliphatic rings. The standard InChI is InChI=1S/C28H27NO2/c1-30-22-16-14-21(15-17-22)26-19-23(20-9-3-2-4-10-20)24-11-7-8-18-28(24)29(26)25-12-5-6-13-27(25)31-28/h2-6,9-10,12-17,19,23-24H,7-8,11,18H2,1H3/t23-,24+,28+/m1/s1. The number of para-hydroxylation sites is 2. The molecule has 1 spiro atoms. The van der Waals surface area contributed by atoms with Gasteiger partial charge in [-0.3, -0.25) is 4.90 Å². The van der Waals surface area contributed by atoms with Gasteiger partial charge in [0.25, 0.3) is 0 Å². The molecule has 3 atom stereocenters. The maximum atomic E-state index is 6.91. The van der Waals surface area contributed by atoms with Gasteiger partial charge < -0.3 is 9.47 Å². The SMILES string of the molecule is COc1ccc(C2=C[C@H](c3ccccc3)[C@@H]3CCCC[C@]34Oc3ccccc3N24)cc1. The number of hydrogen-bond donors (Lipinski definition) is 0. The van der Waals surface area contributed by atoms with E-state index in [1.165, 1.54) is 41.8 Å². The third-order valence-electron chi connectivity index (χ3n) is 7.23. The van der Waals surface area contributed by atoms with E-state index in [1.54, 1.807) is 7.11 Å². The fourth-order valence-electron chi connectivity index (χ4n) is 5.87. The zero-order valence-electron chi connectivity index (χ0n) is 17.8. The van der Waals surface area contributed by atoms with Gasteiger partial charge >= 0.3 is 0 Å². The van der Waals surface area contributed by atoms with Crippen molar-refractivity contribution in [3.8, 4) is 11.5 Å². The Labute approximate surface area is 183 Å². The van der Waals surface area contributed by atoms with E-state index in [1.807, 2.05) is 0 Å². The van der Waals surface area contributed by atoms with Gasteiger partial charge in [0.05, 0.1) is 12.8 Å². The van der Waals surface area contributed by atoms with Crippen LogP contribution in [0.3, 0.4) is 0 Å². The van der Waals surface area contributed by atoms with Crippen LogP contribution in [-0.4, -0.2) is 12.8 Å². The van der Waals surface area contributed by atoms with Crippen LogP contribution >= 0.6 is 0 Å². The number of benzene rings is 3. The van der Waals surface area contributed by atoms with Crippen molar-refractivity contribution in [3.05, 3.63) is 96.1 Å². The second-order valence-corrected chi connectivity index (χ2v) is 8.82. The van der Waals surface area contributed by atoms with Gasteiger partial charge in [-0.15, -0.1) is 0 Å². The smallest absolute Gasteiger partial charge is 0.191 e. The summed E-state index contributed by atoms with van der Waals surface area (Å²) in [4.78, 5) is 2.51. The Morgan fingerprint density at radius 3 is 2.48 bits per heavy atom. The highest BCUT2D eigenvalue weighted by Crippen LogP contribution is 2.59. The van der Waals surface area contributed by atoms with Gasteiger partial charge in [-0.25, -0.2) is 0 Å². The zero-order valence-corrected chi connectivity index (χ0v) is 17.8. The van der Waals surface area contributed by atoms with E-state index in [9.17, 15) is 0 Å². The first-order chi connectivity index (χ1) is 15.3. The number of rotatable bonds is 3. The summed E-state index contributed by atoms with van der Waals surface area (Å²) in [5.74, 6) is 2.62. The van der Waals surface area contributed by atoms with Crippen molar-refractivity contribution < 1.29 is 9.47 Å². The van der Waals surface area contributed by atoms with Crippen molar-refractivity contribution in [1.29, 1.82) is 0 Å². The molecule has 0 radical (unpaired) electrons. The first-order valence-corrected chi connectivity index (χ1v) is 11.3. The molecule has 6 rings (SSSR count). The molecule has 0 bridgehead atoms. The normalized spacial score (nSPS) is 26.2. The Bertz CT molecular complexity index is 1120. The van der Waals surface area contributed by atoms with Crippen molar-refractivity contribution in [2.75, 3.05) is 12.0 Å². The number of nitrogens with zero attached hydrogens (tertiary/aromatic N) is 1. The van der Waals surface area contributed by atoms with Crippen molar-refractivity contribution in [2.45, 2.75) is 37.3 Å². The second kappa shape index (κ2) is 7.19. The van der Waals surface area contributed by atoms with Crippen LogP contribution < -0.4 is 14.4 Å². The molecule has 1 aliphatic carbocycles. The molecule has 31 heavy (non-hydrogen) atoms. The van der Waals surface area contributed by atoms with E-state index >= 15 is 0 Å². The Morgan fingerprint density at radius 1 is 0.903 bits per heavy atom. The quantitative estimate of drug-likeness (QED) is 0.485. The van der Waals surface area contributed by atoms with Crippen molar-refractivity contribution in [2.24, 2.45) is 5.92 Å². The summed E-state index contributed by atoms with van der Waals surface area (Å²) in [6.07, 6.45) is 7.16. The summed E-state index contributed by atoms with van der Waals surface area (Å²) in [6.45, 7) is 0. The summed E-state index contributed by atoms with van der Waals surface area (Å²) in [5.41, 5.74) is 4.67. The fourth-order valence-corrected chi connectivity index (χ4v) is 5.87. The number of methoxy groups -OCH3 is 1. The lowest BCUT2D eigenvalue weighted by atomic mass is 9.68. The summed E-state index contributed by atoms with van der Waals surface area (Å²) >= 11 is 0. The van der Waals surface area contributed by atoms with E-state index in [0.717, 1.165) is 17.9 Å². The topological polar surface area (TPSA) is 21.7 Å². The van der Waals surface area contributed by atoms with E-state index in [4.69, 9.17) is 9.47 Å². The molecule has 0 saturated heterocycles. The number of fused-ring (bicyclic) bond motifs is 2. The molecule has 2 aliphatic heterocycles. The van der Waals surface area contributed by atoms with Crippen LogP contribution in [0.15, 0.2) is 84.9 Å². The van der Waals surface area contributed by atoms with Crippen molar-refractivity contribution >= 4 is 11.4 Å². The molecule has 0 aromatic heterocycles. The minimum absolute atomic E-state index is 0.323. The lowest BCUT2D eigenvalue weighted by Gasteiger charge is -2.52. The third kappa shape index (κ3) is 2.79. The number of ether oxygens (including phenoxy) is 2. The van der Waals surface area contributed by atoms with Crippen LogP contribution in [0, 0.1) is 5.92 Å². The van der Waals surface area contributed by atoms with Gasteiger partial charge in [-0.2, -0.15) is 0 Å². The number of anilines is 1. The maximum Gasteiger partial charge on any atom is 0.191 e. The second-order valence-electron chi connectivity index (χ2n) is 8.82. The molecule has 0 unspecified atom stereocenters. The van der Waals surface area contributed by atoms with Crippen LogP contribution in [-0.2, 0) is 0 Å². The van der Waals surface area contributed by atoms with Gasteiger partial charge in [0.15, 0.2) is 5.72 Å². The summed E-state index contributed by atoms with van der Waals surface area (Å²) in [5, 5.41) is 0. The molecule has 3 heteroatoms. The highest BCUT2D eigenvalue weighted by molar-refractivity contribution is 5.87. The molecule has 0 N–H and O–H groups in total. The fraction of sp³-hybridized carbons (Fsp3) is 0.286. The van der Waals surface area contributed by atoms with Gasteiger partial charge in [0, 0.05) is 24.0 Å². The molecule has 1 saturated carbocycles. The summed E-state index contributed by atoms with van der Waals surface area (Å²) < 4.78 is 12.3. The van der Waals surface area contributed by atoms with Crippen LogP contribution in [0.5, 0.6) is 11.5 Å². The minimum Gasteiger partial charge on any atom is -0.497 e. The van der Waals surface area contributed by atoms with E-state index in [2.05, 4.69) is 89.8 Å². The third-order valence-corrected chi connectivity index (χ3v) is 7.23. The Hall–Kier alpha value is -3.20. The molecule has 2 heterocycles. The van der Waals surface area contributed by atoms with Gasteiger partial charge in [0.2, 0.25) is 0 Å². The molecule has 3 aromatic carbocycles. The average Bonchev–Trinajstić information content (AvgIpc) is 3.17. The predicted octanol–water partition coefficient (Wildman–Crippen LogP) is 6.62. The van der Waals surface area contributed by atoms with Crippen LogP contribution in [0.25, 0.3) is 5.70 Å². The summed E-state index contributed by atoms with van der Waals surface area (Å²) in [7, 11) is 1.71. The average molecular weight is 410 g/mol. The number of allylic oxidation sites excluding steroid dienone is 1. The Balaban J connectivity index is 1.58.